The molecule has 0 saturated carbocycles. The van der Waals surface area contributed by atoms with Gasteiger partial charge in [0, 0.05) is 44.8 Å². The van der Waals surface area contributed by atoms with Crippen LogP contribution in [-0.4, -0.2) is 46.9 Å². The lowest BCUT2D eigenvalue weighted by atomic mass is 10.1. The summed E-state index contributed by atoms with van der Waals surface area (Å²) in [5.74, 6) is 5.86. The SMILES string of the molecule is CC.CS(=O)c1ccc(NCC#Cc2cc3c(NC4CCNCC4)cccc3n2CC(F)(F)F)cc1. The monoisotopic (exact) mass is 518 g/mol. The number of benzene rings is 2. The van der Waals surface area contributed by atoms with Crippen molar-refractivity contribution < 1.29 is 17.4 Å². The minimum atomic E-state index is -4.36. The van der Waals surface area contributed by atoms with Crippen molar-refractivity contribution in [3.8, 4) is 11.8 Å². The van der Waals surface area contributed by atoms with E-state index in [1.54, 1.807) is 48.7 Å². The van der Waals surface area contributed by atoms with Crippen LogP contribution in [0, 0.1) is 11.8 Å². The van der Waals surface area contributed by atoms with Gasteiger partial charge in [-0.3, -0.25) is 4.21 Å². The van der Waals surface area contributed by atoms with Gasteiger partial charge in [-0.05, 0) is 74.3 Å². The van der Waals surface area contributed by atoms with Gasteiger partial charge in [-0.2, -0.15) is 13.2 Å². The molecule has 5 nitrogen and oxygen atoms in total. The van der Waals surface area contributed by atoms with Crippen LogP contribution >= 0.6 is 0 Å². The number of aromatic nitrogens is 1. The normalized spacial score (nSPS) is 14.8. The fourth-order valence-electron chi connectivity index (χ4n) is 4.10. The van der Waals surface area contributed by atoms with Gasteiger partial charge >= 0.3 is 6.18 Å². The third-order valence-electron chi connectivity index (χ3n) is 5.77. The highest BCUT2D eigenvalue weighted by Gasteiger charge is 2.30. The number of anilines is 2. The minimum Gasteiger partial charge on any atom is -0.382 e. The molecule has 0 aliphatic carbocycles. The van der Waals surface area contributed by atoms with E-state index in [1.807, 2.05) is 19.9 Å². The smallest absolute Gasteiger partial charge is 0.382 e. The van der Waals surface area contributed by atoms with Gasteiger partial charge in [0.1, 0.15) is 6.54 Å². The lowest BCUT2D eigenvalue weighted by Gasteiger charge is -2.25. The van der Waals surface area contributed by atoms with E-state index in [0.717, 1.165) is 47.6 Å². The van der Waals surface area contributed by atoms with Gasteiger partial charge in [0.05, 0.1) is 17.8 Å². The van der Waals surface area contributed by atoms with E-state index >= 15 is 0 Å². The van der Waals surface area contributed by atoms with Crippen LogP contribution in [0.2, 0.25) is 0 Å². The molecule has 3 aromatic rings. The van der Waals surface area contributed by atoms with Gasteiger partial charge in [-0.1, -0.05) is 25.8 Å². The number of alkyl halides is 3. The number of rotatable bonds is 6. The standard InChI is InChI=1S/C25H27F3N4OS.C2H6/c1-34(33)21-9-7-18(8-10-21)30-13-3-4-20-16-22-23(31-19-11-14-29-15-12-19)5-2-6-24(22)32(20)17-25(26,27)28;1-2/h2,5-10,16,19,29-31H,11-15,17H2,1H3;1-2H3. The summed E-state index contributed by atoms with van der Waals surface area (Å²) < 4.78 is 52.9. The first-order valence-electron chi connectivity index (χ1n) is 12.1. The predicted molar refractivity (Wildman–Crippen MR) is 143 cm³/mol. The van der Waals surface area contributed by atoms with Crippen molar-refractivity contribution in [2.75, 3.05) is 36.5 Å². The number of piperidine rings is 1. The van der Waals surface area contributed by atoms with Gasteiger partial charge in [0.25, 0.3) is 0 Å². The maximum absolute atomic E-state index is 13.4. The van der Waals surface area contributed by atoms with Crippen molar-refractivity contribution >= 4 is 33.1 Å². The van der Waals surface area contributed by atoms with Crippen molar-refractivity contribution in [1.82, 2.24) is 9.88 Å². The Kier molecular flexibility index (Phi) is 9.85. The third-order valence-corrected chi connectivity index (χ3v) is 6.70. The molecule has 1 aromatic heterocycles. The first-order chi connectivity index (χ1) is 17.3. The van der Waals surface area contributed by atoms with Crippen molar-refractivity contribution in [3.63, 3.8) is 0 Å². The molecule has 1 aliphatic rings. The number of hydrogen-bond acceptors (Lipinski definition) is 4. The molecule has 36 heavy (non-hydrogen) atoms. The molecule has 194 valence electrons. The van der Waals surface area contributed by atoms with Crippen LogP contribution < -0.4 is 16.0 Å². The maximum Gasteiger partial charge on any atom is 0.406 e. The second-order valence-electron chi connectivity index (χ2n) is 8.27. The van der Waals surface area contributed by atoms with Crippen LogP contribution in [0.3, 0.4) is 0 Å². The highest BCUT2D eigenvalue weighted by molar-refractivity contribution is 7.84. The highest BCUT2D eigenvalue weighted by atomic mass is 32.2. The Bertz CT molecular complexity index is 1220. The second kappa shape index (κ2) is 12.8. The Morgan fingerprint density at radius 2 is 1.81 bits per heavy atom. The van der Waals surface area contributed by atoms with Gasteiger partial charge in [-0.25, -0.2) is 0 Å². The highest BCUT2D eigenvalue weighted by Crippen LogP contribution is 2.31. The molecule has 2 aromatic carbocycles. The average Bonchev–Trinajstić information content (AvgIpc) is 3.21. The van der Waals surface area contributed by atoms with Crippen LogP contribution in [0.15, 0.2) is 53.4 Å². The van der Waals surface area contributed by atoms with Gasteiger partial charge in [-0.15, -0.1) is 0 Å². The summed E-state index contributed by atoms with van der Waals surface area (Å²) in [7, 11) is -1.05. The van der Waals surface area contributed by atoms with Crippen molar-refractivity contribution in [1.29, 1.82) is 0 Å². The molecule has 0 spiro atoms. The summed E-state index contributed by atoms with van der Waals surface area (Å²) in [5.41, 5.74) is 2.47. The number of halogens is 3. The van der Waals surface area contributed by atoms with Crippen LogP contribution in [0.4, 0.5) is 24.5 Å². The minimum absolute atomic E-state index is 0.266. The zero-order valence-corrected chi connectivity index (χ0v) is 21.7. The maximum atomic E-state index is 13.4. The van der Waals surface area contributed by atoms with Gasteiger partial charge in [0.15, 0.2) is 0 Å². The Morgan fingerprint density at radius 1 is 1.11 bits per heavy atom. The number of hydrogen-bond donors (Lipinski definition) is 3. The Balaban J connectivity index is 0.00000176. The van der Waals surface area contributed by atoms with E-state index in [9.17, 15) is 17.4 Å². The molecule has 1 unspecified atom stereocenters. The lowest BCUT2D eigenvalue weighted by Crippen LogP contribution is -2.35. The van der Waals surface area contributed by atoms with Crippen LogP contribution in [0.25, 0.3) is 10.9 Å². The first-order valence-corrected chi connectivity index (χ1v) is 13.7. The molecular formula is C27H33F3N4OS. The molecule has 1 atom stereocenters. The van der Waals surface area contributed by atoms with Crippen molar-refractivity contribution in [2.24, 2.45) is 0 Å². The first kappa shape index (κ1) is 27.6. The largest absolute Gasteiger partial charge is 0.406 e. The fourth-order valence-corrected chi connectivity index (χ4v) is 4.61. The summed E-state index contributed by atoms with van der Waals surface area (Å²) in [6.45, 7) is 5.01. The molecule has 4 rings (SSSR count). The summed E-state index contributed by atoms with van der Waals surface area (Å²) >= 11 is 0. The van der Waals surface area contributed by atoms with E-state index in [-0.39, 0.29) is 12.6 Å². The number of fused-ring (bicyclic) bond motifs is 1. The molecular weight excluding hydrogens is 485 g/mol. The Labute approximate surface area is 213 Å². The Hall–Kier alpha value is -2.96. The third kappa shape index (κ3) is 7.52. The topological polar surface area (TPSA) is 58.1 Å². The van der Waals surface area contributed by atoms with Crippen LogP contribution in [-0.2, 0) is 17.3 Å². The van der Waals surface area contributed by atoms with E-state index in [4.69, 9.17) is 0 Å². The quantitative estimate of drug-likeness (QED) is 0.372. The number of nitrogens with one attached hydrogen (secondary N) is 3. The molecule has 1 aliphatic heterocycles. The fraction of sp³-hybridized carbons (Fsp3) is 0.407. The molecule has 0 radical (unpaired) electrons. The summed E-state index contributed by atoms with van der Waals surface area (Å²) in [4.78, 5) is 0.724. The lowest BCUT2D eigenvalue weighted by molar-refractivity contribution is -0.140. The zero-order valence-electron chi connectivity index (χ0n) is 20.8. The summed E-state index contributed by atoms with van der Waals surface area (Å²) in [5, 5.41) is 10.7. The molecule has 0 amide bonds. The summed E-state index contributed by atoms with van der Waals surface area (Å²) in [6, 6.07) is 14.6. The number of nitrogens with zero attached hydrogens (tertiary/aromatic N) is 1. The van der Waals surface area contributed by atoms with E-state index < -0.39 is 23.5 Å². The van der Waals surface area contributed by atoms with E-state index in [2.05, 4.69) is 27.8 Å². The molecule has 1 saturated heterocycles. The Morgan fingerprint density at radius 3 is 2.44 bits per heavy atom. The average molecular weight is 519 g/mol. The van der Waals surface area contributed by atoms with Gasteiger partial charge < -0.3 is 20.5 Å². The molecule has 1 fully saturated rings. The predicted octanol–water partition coefficient (Wildman–Crippen LogP) is 5.59. The molecule has 9 heteroatoms. The summed E-state index contributed by atoms with van der Waals surface area (Å²) in [6.07, 6.45) is -0.818. The van der Waals surface area contributed by atoms with Gasteiger partial charge in [0.2, 0.25) is 0 Å². The second-order valence-corrected chi connectivity index (χ2v) is 9.65. The van der Waals surface area contributed by atoms with Crippen molar-refractivity contribution in [2.45, 2.75) is 50.3 Å². The molecule has 3 N–H and O–H groups in total. The van der Waals surface area contributed by atoms with E-state index in [0.29, 0.717) is 11.2 Å². The van der Waals surface area contributed by atoms with Crippen molar-refractivity contribution in [3.05, 3.63) is 54.2 Å². The van der Waals surface area contributed by atoms with E-state index in [1.165, 1.54) is 4.57 Å². The molecule has 2 heterocycles. The molecule has 0 bridgehead atoms. The van der Waals surface area contributed by atoms with Crippen LogP contribution in [0.1, 0.15) is 32.4 Å². The van der Waals surface area contributed by atoms with Crippen LogP contribution in [0.5, 0.6) is 0 Å². The zero-order chi connectivity index (χ0) is 26.1.